The fourth-order valence-electron chi connectivity index (χ4n) is 1.85. The highest BCUT2D eigenvalue weighted by Gasteiger charge is 2.12. The first-order valence-electron chi connectivity index (χ1n) is 6.56. The zero-order chi connectivity index (χ0) is 13.4. The molecule has 1 unspecified atom stereocenters. The Bertz CT molecular complexity index is 374. The molecule has 0 radical (unpaired) electrons. The van der Waals surface area contributed by atoms with Crippen LogP contribution in [0.4, 0.5) is 0 Å². The summed E-state index contributed by atoms with van der Waals surface area (Å²) in [5.41, 5.74) is 0.546. The maximum Gasteiger partial charge on any atom is 0.171 e. The summed E-state index contributed by atoms with van der Waals surface area (Å²) in [7, 11) is 0. The minimum absolute atomic E-state index is 0.476. The molecule has 3 heteroatoms. The number of ether oxygens (including phenoxy) is 2. The van der Waals surface area contributed by atoms with E-state index in [1.807, 2.05) is 13.0 Å². The van der Waals surface area contributed by atoms with Crippen LogP contribution in [0.15, 0.2) is 18.2 Å². The van der Waals surface area contributed by atoms with E-state index >= 15 is 0 Å². The molecule has 1 rings (SSSR count). The highest BCUT2D eigenvalue weighted by atomic mass is 16.5. The van der Waals surface area contributed by atoms with E-state index in [9.17, 15) is 4.79 Å². The van der Waals surface area contributed by atoms with Crippen molar-refractivity contribution in [3.63, 3.8) is 0 Å². The van der Waals surface area contributed by atoms with Gasteiger partial charge >= 0.3 is 0 Å². The van der Waals surface area contributed by atoms with Crippen LogP contribution < -0.4 is 9.47 Å². The molecule has 0 aromatic heterocycles. The molecule has 0 aliphatic carbocycles. The molecule has 0 saturated heterocycles. The average molecular weight is 250 g/mol. The van der Waals surface area contributed by atoms with Gasteiger partial charge in [-0.25, -0.2) is 0 Å². The first-order valence-corrected chi connectivity index (χ1v) is 6.56. The fourth-order valence-corrected chi connectivity index (χ4v) is 1.85. The number of aldehydes is 1. The summed E-state index contributed by atoms with van der Waals surface area (Å²) < 4.78 is 11.3. The zero-order valence-electron chi connectivity index (χ0n) is 11.4. The minimum Gasteiger partial charge on any atom is -0.490 e. The normalized spacial score (nSPS) is 11.9. The molecule has 0 bridgehead atoms. The third-order valence-electron chi connectivity index (χ3n) is 2.73. The Kier molecular flexibility index (Phi) is 6.26. The molecule has 3 nitrogen and oxygen atoms in total. The first-order chi connectivity index (χ1) is 8.72. The van der Waals surface area contributed by atoms with Crippen molar-refractivity contribution in [2.75, 3.05) is 13.2 Å². The van der Waals surface area contributed by atoms with Crippen molar-refractivity contribution in [1.82, 2.24) is 0 Å². The lowest BCUT2D eigenvalue weighted by Crippen LogP contribution is -2.10. The van der Waals surface area contributed by atoms with E-state index in [0.717, 1.165) is 19.1 Å². The van der Waals surface area contributed by atoms with Crippen LogP contribution in [-0.2, 0) is 0 Å². The predicted octanol–water partition coefficient (Wildman–Crippen LogP) is 3.71. The monoisotopic (exact) mass is 250 g/mol. The Morgan fingerprint density at radius 2 is 2.06 bits per heavy atom. The Labute approximate surface area is 109 Å². The van der Waals surface area contributed by atoms with Gasteiger partial charge in [0.05, 0.1) is 18.8 Å². The van der Waals surface area contributed by atoms with Gasteiger partial charge in [-0.05, 0) is 31.4 Å². The lowest BCUT2D eigenvalue weighted by molar-refractivity contribution is 0.111. The van der Waals surface area contributed by atoms with Crippen LogP contribution in [0.3, 0.4) is 0 Å². The van der Waals surface area contributed by atoms with Gasteiger partial charge in [0, 0.05) is 0 Å². The third-order valence-corrected chi connectivity index (χ3v) is 2.73. The van der Waals surface area contributed by atoms with E-state index in [-0.39, 0.29) is 0 Å². The first kappa shape index (κ1) is 14.6. The van der Waals surface area contributed by atoms with Crippen LogP contribution in [0, 0.1) is 5.92 Å². The van der Waals surface area contributed by atoms with Crippen molar-refractivity contribution in [2.45, 2.75) is 33.6 Å². The number of carbonyl (C=O) groups is 1. The third kappa shape index (κ3) is 4.06. The molecule has 0 N–H and O–H groups in total. The summed E-state index contributed by atoms with van der Waals surface area (Å²) in [6.45, 7) is 7.38. The molecule has 0 spiro atoms. The highest BCUT2D eigenvalue weighted by Crippen LogP contribution is 2.31. The smallest absolute Gasteiger partial charge is 0.171 e. The molecule has 1 aromatic rings. The number of hydrogen-bond donors (Lipinski definition) is 0. The van der Waals surface area contributed by atoms with Crippen molar-refractivity contribution in [3.8, 4) is 11.5 Å². The Morgan fingerprint density at radius 1 is 1.28 bits per heavy atom. The van der Waals surface area contributed by atoms with Crippen molar-refractivity contribution in [3.05, 3.63) is 23.8 Å². The van der Waals surface area contributed by atoms with Gasteiger partial charge in [-0.2, -0.15) is 0 Å². The highest BCUT2D eigenvalue weighted by molar-refractivity contribution is 5.81. The van der Waals surface area contributed by atoms with Crippen molar-refractivity contribution >= 4 is 6.29 Å². The zero-order valence-corrected chi connectivity index (χ0v) is 11.4. The molecule has 0 aliphatic rings. The second kappa shape index (κ2) is 7.75. The van der Waals surface area contributed by atoms with Crippen molar-refractivity contribution in [2.24, 2.45) is 5.92 Å². The van der Waals surface area contributed by atoms with Gasteiger partial charge < -0.3 is 9.47 Å². The Balaban J connectivity index is 2.80. The number of para-hydroxylation sites is 1. The fraction of sp³-hybridized carbons (Fsp3) is 0.533. The van der Waals surface area contributed by atoms with Gasteiger partial charge in [0.25, 0.3) is 0 Å². The van der Waals surface area contributed by atoms with Crippen LogP contribution in [-0.4, -0.2) is 19.5 Å². The quantitative estimate of drug-likeness (QED) is 0.660. The van der Waals surface area contributed by atoms with Crippen LogP contribution >= 0.6 is 0 Å². The van der Waals surface area contributed by atoms with Gasteiger partial charge in [0.15, 0.2) is 17.8 Å². The van der Waals surface area contributed by atoms with Gasteiger partial charge in [-0.3, -0.25) is 4.79 Å². The molecule has 0 aliphatic heterocycles. The molecule has 100 valence electrons. The number of benzene rings is 1. The summed E-state index contributed by atoms with van der Waals surface area (Å²) in [4.78, 5) is 11.0. The topological polar surface area (TPSA) is 35.5 Å². The summed E-state index contributed by atoms with van der Waals surface area (Å²) in [5.74, 6) is 1.69. The van der Waals surface area contributed by atoms with E-state index in [0.29, 0.717) is 36.2 Å². The molecule has 0 heterocycles. The van der Waals surface area contributed by atoms with Crippen LogP contribution in [0.1, 0.15) is 44.0 Å². The van der Waals surface area contributed by atoms with E-state index in [1.165, 1.54) is 0 Å². The van der Waals surface area contributed by atoms with Gasteiger partial charge in [0.2, 0.25) is 0 Å². The number of rotatable bonds is 8. The second-order valence-electron chi connectivity index (χ2n) is 4.43. The standard InChI is InChI=1S/C15H22O3/c1-4-7-12(3)11-18-15-13(10-16)8-6-9-14(15)17-5-2/h6,8-10,12H,4-5,7,11H2,1-3H3. The summed E-state index contributed by atoms with van der Waals surface area (Å²) in [6.07, 6.45) is 3.06. The largest absolute Gasteiger partial charge is 0.490 e. The molecule has 0 amide bonds. The molecule has 18 heavy (non-hydrogen) atoms. The van der Waals surface area contributed by atoms with Crippen LogP contribution in [0.2, 0.25) is 0 Å². The Morgan fingerprint density at radius 3 is 2.67 bits per heavy atom. The summed E-state index contributed by atoms with van der Waals surface area (Å²) in [6, 6.07) is 5.38. The van der Waals surface area contributed by atoms with E-state index in [4.69, 9.17) is 9.47 Å². The van der Waals surface area contributed by atoms with E-state index in [2.05, 4.69) is 13.8 Å². The SMILES string of the molecule is CCCC(C)COc1c(C=O)cccc1OCC. The minimum atomic E-state index is 0.476. The van der Waals surface area contributed by atoms with Gasteiger partial charge in [-0.1, -0.05) is 26.3 Å². The van der Waals surface area contributed by atoms with Crippen molar-refractivity contribution in [1.29, 1.82) is 0 Å². The maximum absolute atomic E-state index is 11.0. The molecular formula is C15H22O3. The van der Waals surface area contributed by atoms with Crippen LogP contribution in [0.5, 0.6) is 11.5 Å². The molecule has 0 saturated carbocycles. The summed E-state index contributed by atoms with van der Waals surface area (Å²) >= 11 is 0. The lowest BCUT2D eigenvalue weighted by Gasteiger charge is -2.16. The van der Waals surface area contributed by atoms with E-state index < -0.39 is 0 Å². The average Bonchev–Trinajstić information content (AvgIpc) is 2.37. The van der Waals surface area contributed by atoms with Crippen molar-refractivity contribution < 1.29 is 14.3 Å². The van der Waals surface area contributed by atoms with E-state index in [1.54, 1.807) is 12.1 Å². The van der Waals surface area contributed by atoms with Gasteiger partial charge in [-0.15, -0.1) is 0 Å². The predicted molar refractivity (Wildman–Crippen MR) is 72.6 cm³/mol. The lowest BCUT2D eigenvalue weighted by atomic mass is 10.1. The summed E-state index contributed by atoms with van der Waals surface area (Å²) in [5, 5.41) is 0. The second-order valence-corrected chi connectivity index (χ2v) is 4.43. The maximum atomic E-state index is 11.0. The number of carbonyl (C=O) groups excluding carboxylic acids is 1. The number of hydrogen-bond acceptors (Lipinski definition) is 3. The molecule has 1 aromatic carbocycles. The molecular weight excluding hydrogens is 228 g/mol. The van der Waals surface area contributed by atoms with Crippen LogP contribution in [0.25, 0.3) is 0 Å². The molecule has 1 atom stereocenters. The molecule has 0 fully saturated rings. The van der Waals surface area contributed by atoms with Gasteiger partial charge in [0.1, 0.15) is 0 Å². The Hall–Kier alpha value is -1.51.